The molecule has 0 aliphatic heterocycles. The topological polar surface area (TPSA) is 117 Å². The standard InChI is InChI=1S/C33H36N4O5S/c1-22-9-6-11-25(17-22)32(38)35-16-15-34-27-13-8-14-28(20-27)36-43(40,41)31-21-29(23(2)18-30(31)42-5)24-10-7-12-26(19-24)33(39)37(3)4/h6-14,17-21,34,36H,15-16H2,1-5H3,(H,35,38). The van der Waals surface area contributed by atoms with E-state index in [1.807, 2.05) is 44.2 Å². The summed E-state index contributed by atoms with van der Waals surface area (Å²) >= 11 is 0. The molecule has 0 heterocycles. The summed E-state index contributed by atoms with van der Waals surface area (Å²) in [5.74, 6) is -0.105. The van der Waals surface area contributed by atoms with Gasteiger partial charge >= 0.3 is 0 Å². The van der Waals surface area contributed by atoms with E-state index >= 15 is 0 Å². The van der Waals surface area contributed by atoms with E-state index in [0.717, 1.165) is 11.1 Å². The zero-order valence-electron chi connectivity index (χ0n) is 24.9. The van der Waals surface area contributed by atoms with E-state index in [1.165, 1.54) is 12.0 Å². The van der Waals surface area contributed by atoms with Crippen LogP contribution in [0.1, 0.15) is 31.8 Å². The number of nitrogens with one attached hydrogen (secondary N) is 3. The molecule has 4 aromatic carbocycles. The Bertz CT molecular complexity index is 1750. The summed E-state index contributed by atoms with van der Waals surface area (Å²) in [6.07, 6.45) is 0. The third-order valence-corrected chi connectivity index (χ3v) is 8.16. The molecule has 0 aromatic heterocycles. The molecule has 10 heteroatoms. The van der Waals surface area contributed by atoms with E-state index < -0.39 is 10.0 Å². The maximum atomic E-state index is 13.6. The quantitative estimate of drug-likeness (QED) is 0.201. The molecule has 0 saturated heterocycles. The lowest BCUT2D eigenvalue weighted by atomic mass is 9.98. The Hall–Kier alpha value is -4.83. The van der Waals surface area contributed by atoms with Crippen LogP contribution in [0, 0.1) is 13.8 Å². The number of sulfonamides is 1. The number of methoxy groups -OCH3 is 1. The summed E-state index contributed by atoms with van der Waals surface area (Å²) in [6, 6.07) is 24.6. The Morgan fingerprint density at radius 3 is 2.23 bits per heavy atom. The molecular formula is C33H36N4O5S. The molecule has 0 atom stereocenters. The van der Waals surface area contributed by atoms with Gasteiger partial charge in [0, 0.05) is 44.0 Å². The van der Waals surface area contributed by atoms with Crippen molar-refractivity contribution in [1.29, 1.82) is 0 Å². The van der Waals surface area contributed by atoms with E-state index in [-0.39, 0.29) is 22.5 Å². The second-order valence-corrected chi connectivity index (χ2v) is 12.0. The van der Waals surface area contributed by atoms with Gasteiger partial charge in [0.2, 0.25) is 0 Å². The fourth-order valence-electron chi connectivity index (χ4n) is 4.59. The largest absolute Gasteiger partial charge is 0.495 e. The SMILES string of the molecule is COc1cc(C)c(-c2cccc(C(=O)N(C)C)c2)cc1S(=O)(=O)Nc1cccc(NCCNC(=O)c2cccc(C)c2)c1. The molecule has 0 radical (unpaired) electrons. The Labute approximate surface area is 252 Å². The number of amides is 2. The molecule has 9 nitrogen and oxygen atoms in total. The predicted octanol–water partition coefficient (Wildman–Crippen LogP) is 5.32. The highest BCUT2D eigenvalue weighted by Gasteiger charge is 2.23. The molecule has 0 unspecified atom stereocenters. The summed E-state index contributed by atoms with van der Waals surface area (Å²) in [7, 11) is 0.716. The zero-order chi connectivity index (χ0) is 31.1. The van der Waals surface area contributed by atoms with Gasteiger partial charge in [-0.3, -0.25) is 14.3 Å². The van der Waals surface area contributed by atoms with E-state index in [0.29, 0.717) is 46.7 Å². The van der Waals surface area contributed by atoms with Gasteiger partial charge in [0.15, 0.2) is 0 Å². The molecule has 0 aliphatic carbocycles. The number of carbonyl (C=O) groups is 2. The number of rotatable bonds is 11. The zero-order valence-corrected chi connectivity index (χ0v) is 25.7. The lowest BCUT2D eigenvalue weighted by Gasteiger charge is -2.17. The first-order chi connectivity index (χ1) is 20.5. The van der Waals surface area contributed by atoms with Crippen molar-refractivity contribution in [2.75, 3.05) is 44.3 Å². The summed E-state index contributed by atoms with van der Waals surface area (Å²) in [4.78, 5) is 26.4. The van der Waals surface area contributed by atoms with Crippen LogP contribution in [0.4, 0.5) is 11.4 Å². The van der Waals surface area contributed by atoms with Crippen molar-refractivity contribution < 1.29 is 22.7 Å². The maximum absolute atomic E-state index is 13.6. The van der Waals surface area contributed by atoms with Gasteiger partial charge in [0.05, 0.1) is 12.8 Å². The highest BCUT2D eigenvalue weighted by molar-refractivity contribution is 7.92. The Balaban J connectivity index is 1.50. The van der Waals surface area contributed by atoms with Crippen molar-refractivity contribution >= 4 is 33.2 Å². The molecule has 4 aromatic rings. The molecule has 43 heavy (non-hydrogen) atoms. The van der Waals surface area contributed by atoms with Gasteiger partial charge in [-0.2, -0.15) is 0 Å². The highest BCUT2D eigenvalue weighted by atomic mass is 32.2. The minimum Gasteiger partial charge on any atom is -0.495 e. The van der Waals surface area contributed by atoms with Crippen molar-refractivity contribution in [2.24, 2.45) is 0 Å². The first-order valence-corrected chi connectivity index (χ1v) is 15.2. The molecule has 0 fully saturated rings. The van der Waals surface area contributed by atoms with Crippen molar-refractivity contribution in [3.05, 3.63) is 107 Å². The second-order valence-electron chi connectivity index (χ2n) is 10.3. The van der Waals surface area contributed by atoms with E-state index in [9.17, 15) is 18.0 Å². The molecule has 0 spiro atoms. The molecule has 0 bridgehead atoms. The van der Waals surface area contributed by atoms with E-state index in [4.69, 9.17) is 4.74 Å². The number of ether oxygens (including phenoxy) is 1. The third-order valence-electron chi connectivity index (χ3n) is 6.76. The molecular weight excluding hydrogens is 564 g/mol. The van der Waals surface area contributed by atoms with Crippen LogP contribution in [0.25, 0.3) is 11.1 Å². The van der Waals surface area contributed by atoms with Crippen LogP contribution in [0.5, 0.6) is 5.75 Å². The number of hydrogen-bond acceptors (Lipinski definition) is 6. The van der Waals surface area contributed by atoms with Gasteiger partial charge in [-0.05, 0) is 85.1 Å². The first-order valence-electron chi connectivity index (χ1n) is 13.7. The van der Waals surface area contributed by atoms with Crippen LogP contribution in [0.3, 0.4) is 0 Å². The second kappa shape index (κ2) is 13.4. The Morgan fingerprint density at radius 1 is 0.814 bits per heavy atom. The van der Waals surface area contributed by atoms with Crippen molar-refractivity contribution in [1.82, 2.24) is 10.2 Å². The van der Waals surface area contributed by atoms with Crippen LogP contribution < -0.4 is 20.1 Å². The summed E-state index contributed by atoms with van der Waals surface area (Å²) < 4.78 is 35.4. The third kappa shape index (κ3) is 7.72. The van der Waals surface area contributed by atoms with Crippen LogP contribution >= 0.6 is 0 Å². The number of anilines is 2. The number of hydrogen-bond donors (Lipinski definition) is 3. The molecule has 3 N–H and O–H groups in total. The van der Waals surface area contributed by atoms with Crippen molar-refractivity contribution in [3.63, 3.8) is 0 Å². The fraction of sp³-hybridized carbons (Fsp3) is 0.212. The van der Waals surface area contributed by atoms with E-state index in [1.54, 1.807) is 68.7 Å². The minimum atomic E-state index is -4.07. The summed E-state index contributed by atoms with van der Waals surface area (Å²) in [6.45, 7) is 4.62. The average Bonchev–Trinajstić information content (AvgIpc) is 2.98. The van der Waals surface area contributed by atoms with Gasteiger partial charge in [-0.15, -0.1) is 0 Å². The number of nitrogens with zero attached hydrogens (tertiary/aromatic N) is 1. The van der Waals surface area contributed by atoms with Crippen LogP contribution in [-0.2, 0) is 10.0 Å². The van der Waals surface area contributed by atoms with Gasteiger partial charge in [0.25, 0.3) is 21.8 Å². The monoisotopic (exact) mass is 600 g/mol. The van der Waals surface area contributed by atoms with Crippen molar-refractivity contribution in [3.8, 4) is 16.9 Å². The van der Waals surface area contributed by atoms with E-state index in [2.05, 4.69) is 15.4 Å². The fourth-order valence-corrected chi connectivity index (χ4v) is 5.82. The van der Waals surface area contributed by atoms with Crippen molar-refractivity contribution in [2.45, 2.75) is 18.7 Å². The van der Waals surface area contributed by atoms with Crippen LogP contribution in [-0.4, -0.2) is 59.4 Å². The first kappa shape index (κ1) is 31.1. The van der Waals surface area contributed by atoms with Crippen LogP contribution in [0.2, 0.25) is 0 Å². The van der Waals surface area contributed by atoms with Crippen LogP contribution in [0.15, 0.2) is 89.8 Å². The Kier molecular flexibility index (Phi) is 9.72. The number of carbonyl (C=O) groups excluding carboxylic acids is 2. The minimum absolute atomic E-state index is 0.0304. The van der Waals surface area contributed by atoms with Gasteiger partial charge in [0.1, 0.15) is 10.6 Å². The molecule has 4 rings (SSSR count). The molecule has 0 aliphatic rings. The summed E-state index contributed by atoms with van der Waals surface area (Å²) in [5, 5.41) is 6.08. The van der Waals surface area contributed by atoms with Gasteiger partial charge in [-0.1, -0.05) is 35.9 Å². The molecule has 0 saturated carbocycles. The average molecular weight is 601 g/mol. The normalized spacial score (nSPS) is 11.0. The lowest BCUT2D eigenvalue weighted by Crippen LogP contribution is -2.28. The number of benzene rings is 4. The van der Waals surface area contributed by atoms with Gasteiger partial charge < -0.3 is 20.3 Å². The van der Waals surface area contributed by atoms with Gasteiger partial charge in [-0.25, -0.2) is 8.42 Å². The Morgan fingerprint density at radius 2 is 1.51 bits per heavy atom. The molecule has 2 amide bonds. The lowest BCUT2D eigenvalue weighted by molar-refractivity contribution is 0.0827. The number of aryl methyl sites for hydroxylation is 2. The summed E-state index contributed by atoms with van der Waals surface area (Å²) in [5.41, 5.74) is 5.32. The maximum Gasteiger partial charge on any atom is 0.265 e. The molecule has 224 valence electrons. The smallest absolute Gasteiger partial charge is 0.265 e. The predicted molar refractivity (Wildman–Crippen MR) is 170 cm³/mol. The highest BCUT2D eigenvalue weighted by Crippen LogP contribution is 2.35.